The summed E-state index contributed by atoms with van der Waals surface area (Å²) in [6.07, 6.45) is 2.66. The van der Waals surface area contributed by atoms with Crippen molar-refractivity contribution < 1.29 is 4.79 Å². The third-order valence-electron chi connectivity index (χ3n) is 5.63. The van der Waals surface area contributed by atoms with Crippen LogP contribution in [0.4, 0.5) is 0 Å². The minimum atomic E-state index is 0.0614. The highest BCUT2D eigenvalue weighted by Gasteiger charge is 2.27. The second kappa shape index (κ2) is 10.5. The van der Waals surface area contributed by atoms with Crippen LogP contribution in [0.25, 0.3) is 0 Å². The molecule has 1 N–H and O–H groups in total. The summed E-state index contributed by atoms with van der Waals surface area (Å²) in [5.74, 6) is 0.754. The van der Waals surface area contributed by atoms with Gasteiger partial charge in [0.2, 0.25) is 5.91 Å². The van der Waals surface area contributed by atoms with E-state index in [0.29, 0.717) is 16.0 Å². The molecule has 156 valence electrons. The Bertz CT molecular complexity index is 782. The first kappa shape index (κ1) is 22.1. The first-order chi connectivity index (χ1) is 13.9. The van der Waals surface area contributed by atoms with E-state index in [-0.39, 0.29) is 17.9 Å². The maximum Gasteiger partial charge on any atom is 0.223 e. The van der Waals surface area contributed by atoms with Gasteiger partial charge >= 0.3 is 0 Å². The second-order valence-electron chi connectivity index (χ2n) is 8.35. The molecule has 2 aromatic rings. The number of piperidine rings is 1. The van der Waals surface area contributed by atoms with Crippen LogP contribution in [0.5, 0.6) is 0 Å². The van der Waals surface area contributed by atoms with Crippen molar-refractivity contribution in [2.45, 2.75) is 45.7 Å². The van der Waals surface area contributed by atoms with Gasteiger partial charge in [-0.15, -0.1) is 0 Å². The predicted molar refractivity (Wildman–Crippen MR) is 121 cm³/mol. The smallest absolute Gasteiger partial charge is 0.223 e. The fourth-order valence-corrected chi connectivity index (χ4v) is 4.50. The van der Waals surface area contributed by atoms with Crippen molar-refractivity contribution in [3.63, 3.8) is 0 Å². The molecule has 0 aliphatic carbocycles. The Hall–Kier alpha value is -1.55. The van der Waals surface area contributed by atoms with Crippen molar-refractivity contribution in [1.29, 1.82) is 0 Å². The molecule has 0 bridgehead atoms. The molecule has 1 atom stereocenters. The van der Waals surface area contributed by atoms with E-state index < -0.39 is 0 Å². The van der Waals surface area contributed by atoms with Crippen LogP contribution in [0.15, 0.2) is 48.5 Å². The third-order valence-corrected chi connectivity index (χ3v) is 6.34. The van der Waals surface area contributed by atoms with Gasteiger partial charge in [0, 0.05) is 28.1 Å². The first-order valence-corrected chi connectivity index (χ1v) is 11.2. The van der Waals surface area contributed by atoms with E-state index in [4.69, 9.17) is 23.2 Å². The number of benzene rings is 2. The van der Waals surface area contributed by atoms with Gasteiger partial charge < -0.3 is 5.32 Å². The minimum absolute atomic E-state index is 0.0614. The Morgan fingerprint density at radius 1 is 1.03 bits per heavy atom. The topological polar surface area (TPSA) is 32.3 Å². The summed E-state index contributed by atoms with van der Waals surface area (Å²) in [7, 11) is 0. The van der Waals surface area contributed by atoms with E-state index in [9.17, 15) is 4.79 Å². The average molecular weight is 433 g/mol. The molecule has 0 radical (unpaired) electrons. The molecular formula is C24H30Cl2N2O. The van der Waals surface area contributed by atoms with Crippen molar-refractivity contribution in [1.82, 2.24) is 10.2 Å². The van der Waals surface area contributed by atoms with E-state index in [1.54, 1.807) is 0 Å². The number of halogens is 2. The highest BCUT2D eigenvalue weighted by Crippen LogP contribution is 2.28. The van der Waals surface area contributed by atoms with Gasteiger partial charge in [0.25, 0.3) is 0 Å². The zero-order valence-corrected chi connectivity index (χ0v) is 18.7. The summed E-state index contributed by atoms with van der Waals surface area (Å²) in [5, 5.41) is 4.73. The van der Waals surface area contributed by atoms with Gasteiger partial charge in [-0.25, -0.2) is 0 Å². The Morgan fingerprint density at radius 2 is 1.66 bits per heavy atom. The molecule has 1 fully saturated rings. The molecule has 1 saturated heterocycles. The van der Waals surface area contributed by atoms with Crippen LogP contribution in [0.3, 0.4) is 0 Å². The Labute approximate surface area is 184 Å². The summed E-state index contributed by atoms with van der Waals surface area (Å²) in [6, 6.07) is 16.0. The number of carbonyl (C=O) groups is 1. The van der Waals surface area contributed by atoms with Gasteiger partial charge in [-0.05, 0) is 56.0 Å². The standard InChI is InChI=1S/C24H30Cl2N2O/c1-17(2)15-23(18-7-4-3-5-8-18)27-24(29)19-11-13-28(14-12-19)16-20-21(25)9-6-10-22(20)26/h3-10,17,19,23H,11-16H2,1-2H3,(H,27,29). The lowest BCUT2D eigenvalue weighted by molar-refractivity contribution is -0.127. The number of hydrogen-bond donors (Lipinski definition) is 1. The number of amides is 1. The fraction of sp³-hybridized carbons (Fsp3) is 0.458. The molecule has 3 nitrogen and oxygen atoms in total. The van der Waals surface area contributed by atoms with Crippen molar-refractivity contribution in [2.75, 3.05) is 13.1 Å². The van der Waals surface area contributed by atoms with Gasteiger partial charge in [0.15, 0.2) is 0 Å². The molecule has 2 aromatic carbocycles. The third kappa shape index (κ3) is 6.21. The molecule has 1 amide bonds. The molecular weight excluding hydrogens is 403 g/mol. The molecule has 1 aliphatic rings. The molecule has 0 spiro atoms. The minimum Gasteiger partial charge on any atom is -0.349 e. The summed E-state index contributed by atoms with van der Waals surface area (Å²) >= 11 is 12.6. The van der Waals surface area contributed by atoms with Crippen molar-refractivity contribution >= 4 is 29.1 Å². The molecule has 5 heteroatoms. The van der Waals surface area contributed by atoms with E-state index in [0.717, 1.165) is 44.5 Å². The SMILES string of the molecule is CC(C)CC(NC(=O)C1CCN(Cc2c(Cl)cccc2Cl)CC1)c1ccccc1. The molecule has 1 heterocycles. The Balaban J connectivity index is 1.56. The number of nitrogens with one attached hydrogen (secondary N) is 1. The lowest BCUT2D eigenvalue weighted by Crippen LogP contribution is -2.41. The maximum absolute atomic E-state index is 13.0. The Kier molecular flexibility index (Phi) is 7.99. The van der Waals surface area contributed by atoms with E-state index in [1.165, 1.54) is 5.56 Å². The van der Waals surface area contributed by atoms with Gasteiger partial charge in [-0.3, -0.25) is 9.69 Å². The number of nitrogens with zero attached hydrogens (tertiary/aromatic N) is 1. The zero-order valence-electron chi connectivity index (χ0n) is 17.2. The zero-order chi connectivity index (χ0) is 20.8. The number of carbonyl (C=O) groups excluding carboxylic acids is 1. The van der Waals surface area contributed by atoms with Gasteiger partial charge in [0.1, 0.15) is 0 Å². The highest BCUT2D eigenvalue weighted by molar-refractivity contribution is 6.35. The van der Waals surface area contributed by atoms with Crippen molar-refractivity contribution in [3.05, 3.63) is 69.7 Å². The van der Waals surface area contributed by atoms with Crippen LogP contribution in [0.1, 0.15) is 50.3 Å². The summed E-state index contributed by atoms with van der Waals surface area (Å²) in [4.78, 5) is 15.3. The molecule has 0 aromatic heterocycles. The molecule has 0 saturated carbocycles. The predicted octanol–water partition coefficient (Wildman–Crippen LogP) is 6.11. The number of hydrogen-bond acceptors (Lipinski definition) is 2. The number of likely N-dealkylation sites (tertiary alicyclic amines) is 1. The Morgan fingerprint density at radius 3 is 2.24 bits per heavy atom. The first-order valence-electron chi connectivity index (χ1n) is 10.4. The van der Waals surface area contributed by atoms with Crippen molar-refractivity contribution in [2.24, 2.45) is 11.8 Å². The van der Waals surface area contributed by atoms with Crippen LogP contribution in [-0.2, 0) is 11.3 Å². The highest BCUT2D eigenvalue weighted by atomic mass is 35.5. The van der Waals surface area contributed by atoms with E-state index in [2.05, 4.69) is 36.2 Å². The van der Waals surface area contributed by atoms with Crippen LogP contribution in [-0.4, -0.2) is 23.9 Å². The van der Waals surface area contributed by atoms with Crippen LogP contribution < -0.4 is 5.32 Å². The van der Waals surface area contributed by atoms with Gasteiger partial charge in [-0.2, -0.15) is 0 Å². The second-order valence-corrected chi connectivity index (χ2v) is 9.17. The lowest BCUT2D eigenvalue weighted by atomic mass is 9.92. The van der Waals surface area contributed by atoms with Crippen LogP contribution >= 0.6 is 23.2 Å². The monoisotopic (exact) mass is 432 g/mol. The van der Waals surface area contributed by atoms with E-state index in [1.807, 2.05) is 36.4 Å². The largest absolute Gasteiger partial charge is 0.349 e. The average Bonchev–Trinajstić information content (AvgIpc) is 2.71. The van der Waals surface area contributed by atoms with Gasteiger partial charge in [0.05, 0.1) is 6.04 Å². The molecule has 29 heavy (non-hydrogen) atoms. The summed E-state index contributed by atoms with van der Waals surface area (Å²) < 4.78 is 0. The lowest BCUT2D eigenvalue weighted by Gasteiger charge is -2.33. The maximum atomic E-state index is 13.0. The summed E-state index contributed by atoms with van der Waals surface area (Å²) in [6.45, 7) is 6.87. The molecule has 1 unspecified atom stereocenters. The summed E-state index contributed by atoms with van der Waals surface area (Å²) in [5.41, 5.74) is 2.15. The number of rotatable bonds is 7. The molecule has 3 rings (SSSR count). The van der Waals surface area contributed by atoms with Crippen molar-refractivity contribution in [3.8, 4) is 0 Å². The quantitative estimate of drug-likeness (QED) is 0.572. The van der Waals surface area contributed by atoms with E-state index >= 15 is 0 Å². The normalized spacial score (nSPS) is 16.7. The molecule has 1 aliphatic heterocycles. The van der Waals surface area contributed by atoms with Gasteiger partial charge in [-0.1, -0.05) is 73.4 Å². The van der Waals surface area contributed by atoms with Crippen LogP contribution in [0.2, 0.25) is 10.0 Å². The van der Waals surface area contributed by atoms with Crippen LogP contribution in [0, 0.1) is 11.8 Å². The fourth-order valence-electron chi connectivity index (χ4n) is 3.98.